The summed E-state index contributed by atoms with van der Waals surface area (Å²) < 4.78 is 1.13. The lowest BCUT2D eigenvalue weighted by Crippen LogP contribution is -2.38. The largest absolute Gasteiger partial charge is 0.392 e. The van der Waals surface area contributed by atoms with E-state index in [0.717, 1.165) is 20.8 Å². The molecule has 0 aliphatic heterocycles. The van der Waals surface area contributed by atoms with Crippen LogP contribution < -0.4 is 10.6 Å². The second kappa shape index (κ2) is 7.63. The van der Waals surface area contributed by atoms with Crippen LogP contribution >= 0.6 is 11.3 Å². The average Bonchev–Trinajstić information content (AvgIpc) is 3.03. The first-order valence-electron chi connectivity index (χ1n) is 8.17. The number of aliphatic hydroxyl groups is 1. The molecule has 3 rings (SSSR count). The van der Waals surface area contributed by atoms with Crippen molar-refractivity contribution in [1.82, 2.24) is 10.3 Å². The molecule has 1 atom stereocenters. The summed E-state index contributed by atoms with van der Waals surface area (Å²) in [6, 6.07) is 13.3. The molecule has 3 N–H and O–H groups in total. The Morgan fingerprint density at radius 2 is 1.88 bits per heavy atom. The Morgan fingerprint density at radius 1 is 1.15 bits per heavy atom. The standard InChI is InChI=1S/C19H19N3O3S/c1-11-3-8-15-16(9-11)26-19(22-15)13-4-6-14(7-5-13)21-18(25)17(24)20-10-12(2)23/h3-9,12,23H,10H2,1-2H3,(H,20,24)(H,21,25). The first-order valence-corrected chi connectivity index (χ1v) is 8.99. The average molecular weight is 369 g/mol. The summed E-state index contributed by atoms with van der Waals surface area (Å²) in [5.41, 5.74) is 3.62. The van der Waals surface area contributed by atoms with E-state index in [-0.39, 0.29) is 6.54 Å². The minimum Gasteiger partial charge on any atom is -0.392 e. The van der Waals surface area contributed by atoms with Crippen LogP contribution in [0.3, 0.4) is 0 Å². The van der Waals surface area contributed by atoms with E-state index in [0.29, 0.717) is 5.69 Å². The fourth-order valence-corrected chi connectivity index (χ4v) is 3.43. The summed E-state index contributed by atoms with van der Waals surface area (Å²) in [6.07, 6.45) is -0.705. The molecule has 0 aliphatic rings. The van der Waals surface area contributed by atoms with Gasteiger partial charge in [0, 0.05) is 17.8 Å². The van der Waals surface area contributed by atoms with Crippen molar-refractivity contribution < 1.29 is 14.7 Å². The quantitative estimate of drug-likeness (QED) is 0.617. The number of anilines is 1. The Morgan fingerprint density at radius 3 is 2.58 bits per heavy atom. The maximum absolute atomic E-state index is 11.8. The third-order valence-corrected chi connectivity index (χ3v) is 4.77. The Kier molecular flexibility index (Phi) is 5.29. The second-order valence-electron chi connectivity index (χ2n) is 6.08. The molecule has 0 spiro atoms. The molecule has 134 valence electrons. The SMILES string of the molecule is Cc1ccc2nc(-c3ccc(NC(=O)C(=O)NCC(C)O)cc3)sc2c1. The lowest BCUT2D eigenvalue weighted by Gasteiger charge is -2.08. The lowest BCUT2D eigenvalue weighted by molar-refractivity contribution is -0.136. The third kappa shape index (κ3) is 4.25. The molecule has 26 heavy (non-hydrogen) atoms. The first kappa shape index (κ1) is 18.0. The Bertz CT molecular complexity index is 948. The number of amides is 2. The fourth-order valence-electron chi connectivity index (χ4n) is 2.36. The number of rotatable bonds is 4. The number of nitrogens with one attached hydrogen (secondary N) is 2. The second-order valence-corrected chi connectivity index (χ2v) is 7.11. The molecule has 2 amide bonds. The normalized spacial score (nSPS) is 12.0. The van der Waals surface area contributed by atoms with Crippen LogP contribution in [0.5, 0.6) is 0 Å². The molecule has 1 aromatic heterocycles. The van der Waals surface area contributed by atoms with Gasteiger partial charge in [-0.05, 0) is 55.8 Å². The fraction of sp³-hybridized carbons (Fsp3) is 0.211. The number of fused-ring (bicyclic) bond motifs is 1. The highest BCUT2D eigenvalue weighted by Crippen LogP contribution is 2.31. The highest BCUT2D eigenvalue weighted by atomic mass is 32.1. The van der Waals surface area contributed by atoms with Gasteiger partial charge in [-0.15, -0.1) is 11.3 Å². The van der Waals surface area contributed by atoms with Gasteiger partial charge in [-0.2, -0.15) is 0 Å². The zero-order valence-electron chi connectivity index (χ0n) is 14.4. The van der Waals surface area contributed by atoms with Gasteiger partial charge in [-0.1, -0.05) is 6.07 Å². The Hall–Kier alpha value is -2.77. The highest BCUT2D eigenvalue weighted by molar-refractivity contribution is 7.21. The van der Waals surface area contributed by atoms with Crippen molar-refractivity contribution in [3.63, 3.8) is 0 Å². The molecule has 0 bridgehead atoms. The third-order valence-electron chi connectivity index (χ3n) is 3.70. The lowest BCUT2D eigenvalue weighted by atomic mass is 10.2. The molecule has 7 heteroatoms. The molecule has 0 aliphatic carbocycles. The minimum absolute atomic E-state index is 0.0300. The Balaban J connectivity index is 1.69. The van der Waals surface area contributed by atoms with E-state index < -0.39 is 17.9 Å². The number of carbonyl (C=O) groups is 2. The first-order chi connectivity index (χ1) is 12.4. The molecule has 6 nitrogen and oxygen atoms in total. The molecular weight excluding hydrogens is 350 g/mol. The Labute approximate surface area is 154 Å². The zero-order chi connectivity index (χ0) is 18.7. The van der Waals surface area contributed by atoms with Crippen LogP contribution in [0.1, 0.15) is 12.5 Å². The van der Waals surface area contributed by atoms with Crippen molar-refractivity contribution in [2.45, 2.75) is 20.0 Å². The van der Waals surface area contributed by atoms with Crippen LogP contribution in [-0.4, -0.2) is 34.6 Å². The summed E-state index contributed by atoms with van der Waals surface area (Å²) in [4.78, 5) is 28.1. The van der Waals surface area contributed by atoms with Crippen LogP contribution in [0.4, 0.5) is 5.69 Å². The van der Waals surface area contributed by atoms with Gasteiger partial charge in [0.25, 0.3) is 0 Å². The number of benzene rings is 2. The summed E-state index contributed by atoms with van der Waals surface area (Å²) in [7, 11) is 0. The van der Waals surface area contributed by atoms with Crippen molar-refractivity contribution in [3.8, 4) is 10.6 Å². The maximum atomic E-state index is 11.8. The van der Waals surface area contributed by atoms with Crippen LogP contribution in [-0.2, 0) is 9.59 Å². The minimum atomic E-state index is -0.781. The predicted octanol–water partition coefficient (Wildman–Crippen LogP) is 2.71. The molecule has 0 saturated heterocycles. The predicted molar refractivity (Wildman–Crippen MR) is 103 cm³/mol. The van der Waals surface area contributed by atoms with Crippen molar-refractivity contribution in [2.24, 2.45) is 0 Å². The van der Waals surface area contributed by atoms with Crippen LogP contribution in [0.25, 0.3) is 20.8 Å². The van der Waals surface area contributed by atoms with Crippen LogP contribution in [0, 0.1) is 6.92 Å². The molecular formula is C19H19N3O3S. The van der Waals surface area contributed by atoms with Gasteiger partial charge in [0.05, 0.1) is 16.3 Å². The van der Waals surface area contributed by atoms with Crippen LogP contribution in [0.2, 0.25) is 0 Å². The summed E-state index contributed by atoms with van der Waals surface area (Å²) >= 11 is 1.61. The van der Waals surface area contributed by atoms with E-state index in [1.807, 2.05) is 31.2 Å². The molecule has 0 saturated carbocycles. The van der Waals surface area contributed by atoms with E-state index in [9.17, 15) is 9.59 Å². The van der Waals surface area contributed by atoms with Crippen molar-refractivity contribution in [2.75, 3.05) is 11.9 Å². The molecule has 0 radical (unpaired) electrons. The van der Waals surface area contributed by atoms with E-state index in [1.165, 1.54) is 12.5 Å². The number of aliphatic hydroxyl groups excluding tert-OH is 1. The molecule has 1 heterocycles. The zero-order valence-corrected chi connectivity index (χ0v) is 15.3. The van der Waals surface area contributed by atoms with Gasteiger partial charge in [-0.3, -0.25) is 9.59 Å². The highest BCUT2D eigenvalue weighted by Gasteiger charge is 2.14. The number of hydrogen-bond donors (Lipinski definition) is 3. The number of aryl methyl sites for hydroxylation is 1. The van der Waals surface area contributed by atoms with Crippen molar-refractivity contribution in [1.29, 1.82) is 0 Å². The smallest absolute Gasteiger partial charge is 0.313 e. The molecule has 0 fully saturated rings. The monoisotopic (exact) mass is 369 g/mol. The van der Waals surface area contributed by atoms with Gasteiger partial charge >= 0.3 is 11.8 Å². The van der Waals surface area contributed by atoms with Gasteiger partial charge in [-0.25, -0.2) is 4.98 Å². The van der Waals surface area contributed by atoms with Crippen molar-refractivity contribution in [3.05, 3.63) is 48.0 Å². The van der Waals surface area contributed by atoms with Crippen molar-refractivity contribution >= 4 is 39.1 Å². The maximum Gasteiger partial charge on any atom is 0.313 e. The number of carbonyl (C=O) groups excluding carboxylic acids is 2. The number of hydrogen-bond acceptors (Lipinski definition) is 5. The van der Waals surface area contributed by atoms with Gasteiger partial charge in [0.1, 0.15) is 5.01 Å². The summed E-state index contributed by atoms with van der Waals surface area (Å²) in [5.74, 6) is -1.55. The summed E-state index contributed by atoms with van der Waals surface area (Å²) in [6.45, 7) is 3.61. The van der Waals surface area contributed by atoms with E-state index in [2.05, 4.69) is 21.7 Å². The molecule has 1 unspecified atom stereocenters. The van der Waals surface area contributed by atoms with E-state index in [1.54, 1.807) is 23.5 Å². The number of thiazole rings is 1. The number of aromatic nitrogens is 1. The van der Waals surface area contributed by atoms with E-state index >= 15 is 0 Å². The topological polar surface area (TPSA) is 91.3 Å². The number of nitrogens with zero attached hydrogens (tertiary/aromatic N) is 1. The molecule has 2 aromatic carbocycles. The van der Waals surface area contributed by atoms with Gasteiger partial charge < -0.3 is 15.7 Å². The van der Waals surface area contributed by atoms with E-state index in [4.69, 9.17) is 5.11 Å². The molecule has 3 aromatic rings. The van der Waals surface area contributed by atoms with Gasteiger partial charge in [0.15, 0.2) is 0 Å². The summed E-state index contributed by atoms with van der Waals surface area (Å²) in [5, 5.41) is 14.9. The van der Waals surface area contributed by atoms with Gasteiger partial charge in [0.2, 0.25) is 0 Å². The van der Waals surface area contributed by atoms with Crippen LogP contribution in [0.15, 0.2) is 42.5 Å².